The molecule has 3 aromatic rings. The maximum absolute atomic E-state index is 12.5. The number of benzene rings is 1. The first-order valence-electron chi connectivity index (χ1n) is 6.05. The Morgan fingerprint density at radius 1 is 1.43 bits per heavy atom. The zero-order valence-electron chi connectivity index (χ0n) is 10.9. The van der Waals surface area contributed by atoms with Gasteiger partial charge in [0.1, 0.15) is 11.6 Å². The Bertz CT molecular complexity index is 938. The number of hydrogen-bond acceptors (Lipinski definition) is 4. The van der Waals surface area contributed by atoms with Gasteiger partial charge in [-0.05, 0) is 19.1 Å². The van der Waals surface area contributed by atoms with Gasteiger partial charge in [0.15, 0.2) is 5.65 Å². The zero-order valence-corrected chi connectivity index (χ0v) is 12.5. The van der Waals surface area contributed by atoms with E-state index in [9.17, 15) is 4.79 Å². The standard InChI is InChI=1S/C14H9ClN4OS/c1-8-12(21-11-5-3-2-4-10(11)15)14(20)19-13(18-8)9(6-16)7-17-19/h2-5,7,18H,1H3. The van der Waals surface area contributed by atoms with E-state index in [1.165, 1.54) is 22.5 Å². The van der Waals surface area contributed by atoms with Crippen LogP contribution in [0, 0.1) is 18.3 Å². The molecule has 21 heavy (non-hydrogen) atoms. The average molecular weight is 317 g/mol. The van der Waals surface area contributed by atoms with Crippen LogP contribution in [-0.4, -0.2) is 14.6 Å². The molecular weight excluding hydrogens is 308 g/mol. The minimum absolute atomic E-state index is 0.271. The van der Waals surface area contributed by atoms with Gasteiger partial charge in [-0.3, -0.25) is 4.79 Å². The van der Waals surface area contributed by atoms with Crippen LogP contribution in [0.5, 0.6) is 0 Å². The van der Waals surface area contributed by atoms with Crippen LogP contribution in [0.4, 0.5) is 0 Å². The molecule has 0 bridgehead atoms. The Hall–Kier alpha value is -2.23. The highest BCUT2D eigenvalue weighted by atomic mass is 35.5. The molecule has 0 aliphatic rings. The molecule has 7 heteroatoms. The van der Waals surface area contributed by atoms with E-state index >= 15 is 0 Å². The third-order valence-corrected chi connectivity index (χ3v) is 4.67. The van der Waals surface area contributed by atoms with Gasteiger partial charge in [-0.15, -0.1) is 0 Å². The van der Waals surface area contributed by atoms with Gasteiger partial charge < -0.3 is 4.98 Å². The van der Waals surface area contributed by atoms with Crippen molar-refractivity contribution in [1.29, 1.82) is 5.26 Å². The van der Waals surface area contributed by atoms with Crippen LogP contribution in [0.25, 0.3) is 5.65 Å². The molecule has 0 saturated carbocycles. The van der Waals surface area contributed by atoms with Gasteiger partial charge in [0, 0.05) is 10.6 Å². The number of aryl methyl sites for hydroxylation is 1. The number of fused-ring (bicyclic) bond motifs is 1. The first kappa shape index (κ1) is 13.7. The normalized spacial score (nSPS) is 10.7. The summed E-state index contributed by atoms with van der Waals surface area (Å²) in [5.74, 6) is 0. The maximum Gasteiger partial charge on any atom is 0.288 e. The fourth-order valence-corrected chi connectivity index (χ4v) is 3.11. The monoisotopic (exact) mass is 316 g/mol. The lowest BCUT2D eigenvalue weighted by Gasteiger charge is -2.07. The molecule has 0 radical (unpaired) electrons. The summed E-state index contributed by atoms with van der Waals surface area (Å²) in [6.07, 6.45) is 1.37. The molecule has 5 nitrogen and oxygen atoms in total. The number of hydrogen-bond donors (Lipinski definition) is 1. The minimum Gasteiger partial charge on any atom is -0.341 e. The topological polar surface area (TPSA) is 73.9 Å². The molecule has 0 unspecified atom stereocenters. The van der Waals surface area contributed by atoms with Crippen molar-refractivity contribution in [3.05, 3.63) is 57.1 Å². The summed E-state index contributed by atoms with van der Waals surface area (Å²) < 4.78 is 1.20. The van der Waals surface area contributed by atoms with Crippen LogP contribution >= 0.6 is 23.4 Å². The van der Waals surface area contributed by atoms with Crippen molar-refractivity contribution in [2.24, 2.45) is 0 Å². The fourth-order valence-electron chi connectivity index (χ4n) is 1.95. The predicted octanol–water partition coefficient (Wildman–Crippen LogP) is 3.01. The van der Waals surface area contributed by atoms with E-state index in [4.69, 9.17) is 16.9 Å². The Labute approximate surface area is 129 Å². The molecule has 0 aliphatic heterocycles. The molecule has 0 amide bonds. The van der Waals surface area contributed by atoms with Crippen LogP contribution in [-0.2, 0) is 0 Å². The summed E-state index contributed by atoms with van der Waals surface area (Å²) in [5.41, 5.74) is 1.15. The molecule has 0 aliphatic carbocycles. The Morgan fingerprint density at radius 3 is 2.90 bits per heavy atom. The Kier molecular flexibility index (Phi) is 3.45. The van der Waals surface area contributed by atoms with E-state index < -0.39 is 0 Å². The molecule has 104 valence electrons. The molecule has 0 atom stereocenters. The maximum atomic E-state index is 12.5. The second-order valence-electron chi connectivity index (χ2n) is 4.35. The van der Waals surface area contributed by atoms with Crippen LogP contribution in [0.3, 0.4) is 0 Å². The highest BCUT2D eigenvalue weighted by Crippen LogP contribution is 2.32. The molecule has 2 aromatic heterocycles. The van der Waals surface area contributed by atoms with E-state index in [1.807, 2.05) is 24.3 Å². The summed E-state index contributed by atoms with van der Waals surface area (Å²) in [4.78, 5) is 16.8. The van der Waals surface area contributed by atoms with Crippen LogP contribution in [0.15, 0.2) is 45.0 Å². The van der Waals surface area contributed by atoms with Gasteiger partial charge in [-0.1, -0.05) is 35.5 Å². The predicted molar refractivity (Wildman–Crippen MR) is 80.8 cm³/mol. The van der Waals surface area contributed by atoms with Gasteiger partial charge in [-0.2, -0.15) is 14.9 Å². The molecule has 3 rings (SSSR count). The SMILES string of the molecule is Cc1[nH]c2c(C#N)cnn2c(=O)c1Sc1ccccc1Cl. The molecule has 0 saturated heterocycles. The van der Waals surface area contributed by atoms with Gasteiger partial charge in [-0.25, -0.2) is 0 Å². The molecule has 1 N–H and O–H groups in total. The van der Waals surface area contributed by atoms with Gasteiger partial charge in [0.05, 0.1) is 16.1 Å². The molecule has 0 fully saturated rings. The summed E-state index contributed by atoms with van der Waals surface area (Å²) in [6.45, 7) is 1.79. The van der Waals surface area contributed by atoms with E-state index in [1.54, 1.807) is 13.0 Å². The number of nitrogens with one attached hydrogen (secondary N) is 1. The third-order valence-electron chi connectivity index (χ3n) is 2.97. The van der Waals surface area contributed by atoms with Gasteiger partial charge in [0.25, 0.3) is 5.56 Å². The van der Waals surface area contributed by atoms with Crippen molar-refractivity contribution >= 4 is 29.0 Å². The summed E-state index contributed by atoms with van der Waals surface area (Å²) in [6, 6.07) is 9.31. The van der Waals surface area contributed by atoms with Crippen molar-refractivity contribution in [1.82, 2.24) is 14.6 Å². The Morgan fingerprint density at radius 2 is 2.19 bits per heavy atom. The molecule has 0 spiro atoms. The van der Waals surface area contributed by atoms with Crippen molar-refractivity contribution in [3.8, 4) is 6.07 Å². The summed E-state index contributed by atoms with van der Waals surface area (Å²) >= 11 is 7.40. The van der Waals surface area contributed by atoms with Crippen LogP contribution in [0.1, 0.15) is 11.3 Å². The number of aromatic nitrogens is 3. The lowest BCUT2D eigenvalue weighted by Crippen LogP contribution is -2.18. The average Bonchev–Trinajstić information content (AvgIpc) is 2.88. The number of nitriles is 1. The summed E-state index contributed by atoms with van der Waals surface area (Å²) in [7, 11) is 0. The highest BCUT2D eigenvalue weighted by molar-refractivity contribution is 7.99. The first-order valence-corrected chi connectivity index (χ1v) is 7.24. The van der Waals surface area contributed by atoms with Crippen molar-refractivity contribution < 1.29 is 0 Å². The quantitative estimate of drug-likeness (QED) is 0.788. The van der Waals surface area contributed by atoms with E-state index in [2.05, 4.69) is 10.1 Å². The number of nitrogens with zero attached hydrogens (tertiary/aromatic N) is 3. The van der Waals surface area contributed by atoms with Crippen LogP contribution in [0.2, 0.25) is 5.02 Å². The second kappa shape index (κ2) is 5.28. The number of H-pyrrole nitrogens is 1. The number of aromatic amines is 1. The zero-order chi connectivity index (χ0) is 15.0. The van der Waals surface area contributed by atoms with E-state index in [0.29, 0.717) is 26.8 Å². The molecule has 2 heterocycles. The van der Waals surface area contributed by atoms with Crippen LogP contribution < -0.4 is 5.56 Å². The third kappa shape index (κ3) is 2.31. The molecule has 1 aromatic carbocycles. The number of rotatable bonds is 2. The number of halogens is 1. The minimum atomic E-state index is -0.271. The van der Waals surface area contributed by atoms with Crippen molar-refractivity contribution in [3.63, 3.8) is 0 Å². The fraction of sp³-hybridized carbons (Fsp3) is 0.0714. The first-order chi connectivity index (χ1) is 10.1. The Balaban J connectivity index is 2.18. The van der Waals surface area contributed by atoms with Gasteiger partial charge in [0.2, 0.25) is 0 Å². The van der Waals surface area contributed by atoms with E-state index in [-0.39, 0.29) is 5.56 Å². The largest absolute Gasteiger partial charge is 0.341 e. The van der Waals surface area contributed by atoms with E-state index in [0.717, 1.165) is 4.90 Å². The van der Waals surface area contributed by atoms with Crippen molar-refractivity contribution in [2.45, 2.75) is 16.7 Å². The smallest absolute Gasteiger partial charge is 0.288 e. The highest BCUT2D eigenvalue weighted by Gasteiger charge is 2.15. The summed E-state index contributed by atoms with van der Waals surface area (Å²) in [5, 5.41) is 13.5. The lowest BCUT2D eigenvalue weighted by molar-refractivity contribution is 0.850. The lowest BCUT2D eigenvalue weighted by atomic mass is 10.3. The van der Waals surface area contributed by atoms with Gasteiger partial charge >= 0.3 is 0 Å². The second-order valence-corrected chi connectivity index (χ2v) is 5.81. The molecular formula is C14H9ClN4OS. The van der Waals surface area contributed by atoms with Crippen molar-refractivity contribution in [2.75, 3.05) is 0 Å².